The van der Waals surface area contributed by atoms with Gasteiger partial charge in [-0.25, -0.2) is 4.98 Å². The number of nitrogens with zero attached hydrogens (tertiary/aromatic N) is 1. The minimum absolute atomic E-state index is 0.137. The Morgan fingerprint density at radius 2 is 1.81 bits per heavy atom. The van der Waals surface area contributed by atoms with E-state index in [1.54, 1.807) is 49.6 Å². The van der Waals surface area contributed by atoms with Crippen LogP contribution in [0.25, 0.3) is 22.6 Å². The fraction of sp³-hybridized carbons (Fsp3) is 0.0476. The summed E-state index contributed by atoms with van der Waals surface area (Å²) in [6.07, 6.45) is 0. The first-order chi connectivity index (χ1) is 12.7. The number of ketones is 1. The first-order valence-electron chi connectivity index (χ1n) is 8.00. The number of ether oxygens (including phenoxy) is 1. The minimum atomic E-state index is -0.137. The lowest BCUT2D eigenvalue weighted by atomic mass is 9.98. The predicted octanol–water partition coefficient (Wildman–Crippen LogP) is 5.39. The Balaban J connectivity index is 1.87. The Bertz CT molecular complexity index is 1070. The molecule has 128 valence electrons. The number of carbonyl (C=O) groups excluding carboxylic acids is 1. The summed E-state index contributed by atoms with van der Waals surface area (Å²) in [5.74, 6) is 0.860. The first-order valence-corrected chi connectivity index (χ1v) is 8.38. The van der Waals surface area contributed by atoms with Gasteiger partial charge in [0, 0.05) is 16.1 Å². The Kier molecular flexibility index (Phi) is 4.19. The van der Waals surface area contributed by atoms with Crippen LogP contribution >= 0.6 is 11.6 Å². The van der Waals surface area contributed by atoms with Gasteiger partial charge < -0.3 is 9.15 Å². The maximum Gasteiger partial charge on any atom is 0.228 e. The van der Waals surface area contributed by atoms with Gasteiger partial charge in [0.05, 0.1) is 12.7 Å². The second-order valence-corrected chi connectivity index (χ2v) is 6.17. The number of carbonyl (C=O) groups is 1. The molecule has 3 aromatic carbocycles. The van der Waals surface area contributed by atoms with Crippen molar-refractivity contribution >= 4 is 28.5 Å². The molecule has 0 unspecified atom stereocenters. The molecule has 0 saturated heterocycles. The zero-order valence-corrected chi connectivity index (χ0v) is 14.7. The van der Waals surface area contributed by atoms with Crippen LogP contribution in [0.3, 0.4) is 0 Å². The summed E-state index contributed by atoms with van der Waals surface area (Å²) in [7, 11) is 1.58. The van der Waals surface area contributed by atoms with Gasteiger partial charge in [-0.15, -0.1) is 0 Å². The van der Waals surface area contributed by atoms with Crippen LogP contribution < -0.4 is 4.74 Å². The van der Waals surface area contributed by atoms with E-state index < -0.39 is 0 Å². The van der Waals surface area contributed by atoms with Crippen molar-refractivity contribution in [1.29, 1.82) is 0 Å². The summed E-state index contributed by atoms with van der Waals surface area (Å²) < 4.78 is 11.2. The minimum Gasteiger partial charge on any atom is -0.497 e. The quantitative estimate of drug-likeness (QED) is 0.456. The number of halogens is 1. The lowest BCUT2D eigenvalue weighted by molar-refractivity contribution is 0.103. The molecule has 0 N–H and O–H groups in total. The zero-order valence-electron chi connectivity index (χ0n) is 13.9. The lowest BCUT2D eigenvalue weighted by Crippen LogP contribution is -2.04. The van der Waals surface area contributed by atoms with Crippen LogP contribution in [-0.2, 0) is 0 Å². The van der Waals surface area contributed by atoms with Crippen LogP contribution in [-0.4, -0.2) is 17.9 Å². The molecule has 0 amide bonds. The Labute approximate surface area is 155 Å². The summed E-state index contributed by atoms with van der Waals surface area (Å²) in [4.78, 5) is 17.5. The number of hydrogen-bond donors (Lipinski definition) is 0. The van der Waals surface area contributed by atoms with Crippen LogP contribution in [0.2, 0.25) is 5.02 Å². The van der Waals surface area contributed by atoms with E-state index in [2.05, 4.69) is 4.98 Å². The van der Waals surface area contributed by atoms with Crippen LogP contribution in [0, 0.1) is 0 Å². The van der Waals surface area contributed by atoms with Gasteiger partial charge in [-0.1, -0.05) is 23.7 Å². The number of aromatic nitrogens is 1. The van der Waals surface area contributed by atoms with Crippen molar-refractivity contribution in [3.63, 3.8) is 0 Å². The monoisotopic (exact) mass is 363 g/mol. The van der Waals surface area contributed by atoms with Crippen molar-refractivity contribution < 1.29 is 13.9 Å². The third-order valence-electron chi connectivity index (χ3n) is 4.10. The van der Waals surface area contributed by atoms with E-state index in [1.165, 1.54) is 0 Å². The second-order valence-electron chi connectivity index (χ2n) is 5.73. The number of rotatable bonds is 4. The van der Waals surface area contributed by atoms with E-state index in [9.17, 15) is 4.79 Å². The predicted molar refractivity (Wildman–Crippen MR) is 101 cm³/mol. The SMILES string of the molecule is COc1ccc(C(=O)c2ccc(Cl)cc2)c(-c2nc3ccccc3o2)c1. The molecule has 0 radical (unpaired) electrons. The van der Waals surface area contributed by atoms with Crippen molar-refractivity contribution in [2.75, 3.05) is 7.11 Å². The van der Waals surface area contributed by atoms with Crippen molar-refractivity contribution in [3.05, 3.63) is 82.9 Å². The molecular formula is C21H14ClNO3. The fourth-order valence-corrected chi connectivity index (χ4v) is 2.90. The third-order valence-corrected chi connectivity index (χ3v) is 4.35. The normalized spacial score (nSPS) is 10.8. The molecule has 0 aliphatic heterocycles. The highest BCUT2D eigenvalue weighted by atomic mass is 35.5. The average molecular weight is 364 g/mol. The smallest absolute Gasteiger partial charge is 0.228 e. The van der Waals surface area contributed by atoms with Crippen LogP contribution in [0.15, 0.2) is 71.1 Å². The van der Waals surface area contributed by atoms with Gasteiger partial charge in [0.2, 0.25) is 5.89 Å². The highest BCUT2D eigenvalue weighted by Gasteiger charge is 2.19. The summed E-state index contributed by atoms with van der Waals surface area (Å²) in [5, 5.41) is 0.579. The summed E-state index contributed by atoms with van der Waals surface area (Å²) in [6.45, 7) is 0. The van der Waals surface area contributed by atoms with E-state index in [-0.39, 0.29) is 5.78 Å². The summed E-state index contributed by atoms with van der Waals surface area (Å²) in [5.41, 5.74) is 3.00. The average Bonchev–Trinajstić information content (AvgIpc) is 3.11. The Morgan fingerprint density at radius 3 is 2.54 bits per heavy atom. The maximum atomic E-state index is 13.0. The van der Waals surface area contributed by atoms with E-state index >= 15 is 0 Å². The number of methoxy groups -OCH3 is 1. The topological polar surface area (TPSA) is 52.3 Å². The van der Waals surface area contributed by atoms with Gasteiger partial charge >= 0.3 is 0 Å². The lowest BCUT2D eigenvalue weighted by Gasteiger charge is -2.08. The third kappa shape index (κ3) is 2.95. The second kappa shape index (κ2) is 6.65. The molecule has 4 nitrogen and oxygen atoms in total. The van der Waals surface area contributed by atoms with Gasteiger partial charge in [-0.3, -0.25) is 4.79 Å². The Hall–Kier alpha value is -3.11. The van der Waals surface area contributed by atoms with Crippen LogP contribution in [0.5, 0.6) is 5.75 Å². The van der Waals surface area contributed by atoms with Crippen LogP contribution in [0.1, 0.15) is 15.9 Å². The fourth-order valence-electron chi connectivity index (χ4n) is 2.77. The zero-order chi connectivity index (χ0) is 18.1. The molecule has 0 fully saturated rings. The van der Waals surface area contributed by atoms with Crippen molar-refractivity contribution in [2.45, 2.75) is 0 Å². The molecule has 0 bridgehead atoms. The molecule has 0 atom stereocenters. The molecule has 1 aromatic heterocycles. The Morgan fingerprint density at radius 1 is 1.04 bits per heavy atom. The number of benzene rings is 3. The molecule has 0 aliphatic carbocycles. The molecule has 0 aliphatic rings. The standard InChI is InChI=1S/C21H14ClNO3/c1-25-15-10-11-16(20(24)13-6-8-14(22)9-7-13)17(12-15)21-23-18-4-2-3-5-19(18)26-21/h2-12H,1H3. The van der Waals surface area contributed by atoms with Crippen molar-refractivity contribution in [1.82, 2.24) is 4.98 Å². The highest BCUT2D eigenvalue weighted by Crippen LogP contribution is 2.31. The first kappa shape index (κ1) is 16.4. The molecular weight excluding hydrogens is 350 g/mol. The van der Waals surface area contributed by atoms with E-state index in [0.29, 0.717) is 38.9 Å². The number of hydrogen-bond acceptors (Lipinski definition) is 4. The number of oxazole rings is 1. The van der Waals surface area contributed by atoms with Gasteiger partial charge in [-0.05, 0) is 54.6 Å². The molecule has 4 rings (SSSR count). The van der Waals surface area contributed by atoms with Gasteiger partial charge in [0.15, 0.2) is 11.4 Å². The summed E-state index contributed by atoms with van der Waals surface area (Å²) in [6, 6.07) is 19.5. The van der Waals surface area contributed by atoms with Crippen LogP contribution in [0.4, 0.5) is 0 Å². The van der Waals surface area contributed by atoms with Gasteiger partial charge in [-0.2, -0.15) is 0 Å². The van der Waals surface area contributed by atoms with E-state index in [0.717, 1.165) is 5.52 Å². The molecule has 5 heteroatoms. The van der Waals surface area contributed by atoms with Crippen molar-refractivity contribution in [3.8, 4) is 17.2 Å². The highest BCUT2D eigenvalue weighted by molar-refractivity contribution is 6.30. The van der Waals surface area contributed by atoms with Crippen molar-refractivity contribution in [2.24, 2.45) is 0 Å². The molecule has 1 heterocycles. The number of fused-ring (bicyclic) bond motifs is 1. The van der Waals surface area contributed by atoms with Gasteiger partial charge in [0.1, 0.15) is 11.3 Å². The summed E-state index contributed by atoms with van der Waals surface area (Å²) >= 11 is 5.92. The maximum absolute atomic E-state index is 13.0. The van der Waals surface area contributed by atoms with E-state index in [4.69, 9.17) is 20.8 Å². The number of para-hydroxylation sites is 2. The molecule has 0 spiro atoms. The molecule has 26 heavy (non-hydrogen) atoms. The molecule has 4 aromatic rings. The van der Waals surface area contributed by atoms with Gasteiger partial charge in [0.25, 0.3) is 0 Å². The van der Waals surface area contributed by atoms with E-state index in [1.807, 2.05) is 24.3 Å². The largest absolute Gasteiger partial charge is 0.497 e. The molecule has 0 saturated carbocycles.